The van der Waals surface area contributed by atoms with Gasteiger partial charge in [0.15, 0.2) is 0 Å². The number of anilines is 2. The van der Waals surface area contributed by atoms with Gasteiger partial charge in [-0.1, -0.05) is 0 Å². The van der Waals surface area contributed by atoms with Gasteiger partial charge in [-0.2, -0.15) is 0 Å². The second-order valence-electron chi connectivity index (χ2n) is 5.21. The molecule has 1 saturated carbocycles. The van der Waals surface area contributed by atoms with Gasteiger partial charge in [0.2, 0.25) is 5.91 Å². The third kappa shape index (κ3) is 1.79. The molecule has 3 heteroatoms. The molecular formula is C14H18N2O. The minimum absolute atomic E-state index is 0.290. The first-order chi connectivity index (χ1) is 8.16. The summed E-state index contributed by atoms with van der Waals surface area (Å²) >= 11 is 0. The quantitative estimate of drug-likeness (QED) is 0.752. The van der Waals surface area contributed by atoms with Crippen molar-refractivity contribution in [3.8, 4) is 0 Å². The molecular weight excluding hydrogens is 212 g/mol. The number of benzene rings is 1. The van der Waals surface area contributed by atoms with Crippen LogP contribution in [0, 0.1) is 12.8 Å². The fraction of sp³-hybridized carbons (Fsp3) is 0.500. The summed E-state index contributed by atoms with van der Waals surface area (Å²) in [4.78, 5) is 14.2. The molecule has 0 unspecified atom stereocenters. The van der Waals surface area contributed by atoms with Crippen molar-refractivity contribution in [1.82, 2.24) is 0 Å². The van der Waals surface area contributed by atoms with Crippen molar-refractivity contribution in [2.24, 2.45) is 5.92 Å². The summed E-state index contributed by atoms with van der Waals surface area (Å²) in [7, 11) is 0. The van der Waals surface area contributed by atoms with Crippen molar-refractivity contribution in [3.05, 3.63) is 23.3 Å². The first-order valence-corrected chi connectivity index (χ1v) is 6.37. The monoisotopic (exact) mass is 230 g/mol. The number of rotatable bonds is 1. The van der Waals surface area contributed by atoms with E-state index in [9.17, 15) is 4.79 Å². The van der Waals surface area contributed by atoms with Gasteiger partial charge in [0.25, 0.3) is 0 Å². The third-order valence-corrected chi connectivity index (χ3v) is 3.69. The molecule has 0 aromatic heterocycles. The normalized spacial score (nSPS) is 19.0. The lowest BCUT2D eigenvalue weighted by Gasteiger charge is -2.31. The number of aryl methyl sites for hydroxylation is 2. The van der Waals surface area contributed by atoms with Crippen molar-refractivity contribution in [1.29, 1.82) is 0 Å². The molecule has 2 N–H and O–H groups in total. The first kappa shape index (κ1) is 10.6. The third-order valence-electron chi connectivity index (χ3n) is 3.69. The highest BCUT2D eigenvalue weighted by atomic mass is 16.2. The van der Waals surface area contributed by atoms with Crippen LogP contribution in [0.2, 0.25) is 0 Å². The van der Waals surface area contributed by atoms with Gasteiger partial charge in [-0.05, 0) is 55.9 Å². The van der Waals surface area contributed by atoms with Crippen molar-refractivity contribution in [2.45, 2.75) is 32.6 Å². The molecule has 1 fully saturated rings. The SMILES string of the molecule is Cc1cc(N)cc2c1N(C(=O)C1CC1)CCC2. The fourth-order valence-electron chi connectivity index (χ4n) is 2.77. The topological polar surface area (TPSA) is 46.3 Å². The summed E-state index contributed by atoms with van der Waals surface area (Å²) < 4.78 is 0. The van der Waals surface area contributed by atoms with Gasteiger partial charge in [0, 0.05) is 23.8 Å². The molecule has 1 heterocycles. The molecule has 1 aromatic carbocycles. The Balaban J connectivity index is 2.03. The molecule has 2 aliphatic rings. The van der Waals surface area contributed by atoms with Crippen LogP contribution in [0.3, 0.4) is 0 Å². The van der Waals surface area contributed by atoms with Gasteiger partial charge in [-0.3, -0.25) is 4.79 Å². The van der Waals surface area contributed by atoms with Crippen LogP contribution in [0.25, 0.3) is 0 Å². The highest BCUT2D eigenvalue weighted by molar-refractivity contribution is 5.98. The summed E-state index contributed by atoms with van der Waals surface area (Å²) in [5, 5.41) is 0. The van der Waals surface area contributed by atoms with Gasteiger partial charge in [0.05, 0.1) is 0 Å². The maximum Gasteiger partial charge on any atom is 0.230 e. The number of nitrogen functional groups attached to an aromatic ring is 1. The van der Waals surface area contributed by atoms with E-state index in [1.807, 2.05) is 24.0 Å². The Hall–Kier alpha value is -1.51. The number of carbonyl (C=O) groups is 1. The van der Waals surface area contributed by atoms with Crippen molar-refractivity contribution >= 4 is 17.3 Å². The first-order valence-electron chi connectivity index (χ1n) is 6.37. The second-order valence-corrected chi connectivity index (χ2v) is 5.21. The lowest BCUT2D eigenvalue weighted by Crippen LogP contribution is -2.37. The molecule has 1 aliphatic heterocycles. The standard InChI is InChI=1S/C14H18N2O/c1-9-7-12(15)8-11-3-2-6-16(13(9)11)14(17)10-4-5-10/h7-8,10H,2-6,15H2,1H3. The van der Waals surface area contributed by atoms with Gasteiger partial charge >= 0.3 is 0 Å². The molecule has 0 atom stereocenters. The van der Waals surface area contributed by atoms with E-state index in [4.69, 9.17) is 5.73 Å². The zero-order valence-corrected chi connectivity index (χ0v) is 10.2. The zero-order valence-electron chi connectivity index (χ0n) is 10.2. The molecule has 1 amide bonds. The minimum atomic E-state index is 0.290. The van der Waals surface area contributed by atoms with E-state index in [2.05, 4.69) is 0 Å². The minimum Gasteiger partial charge on any atom is -0.399 e. The van der Waals surface area contributed by atoms with Crippen LogP contribution in [0.5, 0.6) is 0 Å². The maximum atomic E-state index is 12.3. The summed E-state index contributed by atoms with van der Waals surface area (Å²) in [5.41, 5.74) is 10.2. The predicted molar refractivity (Wildman–Crippen MR) is 69.0 cm³/mol. The number of hydrogen-bond donors (Lipinski definition) is 1. The van der Waals surface area contributed by atoms with E-state index < -0.39 is 0 Å². The molecule has 3 nitrogen and oxygen atoms in total. The molecule has 3 rings (SSSR count). The van der Waals surface area contributed by atoms with Gasteiger partial charge in [0.1, 0.15) is 0 Å². The summed E-state index contributed by atoms with van der Waals surface area (Å²) in [5.74, 6) is 0.608. The van der Waals surface area contributed by atoms with Crippen LogP contribution in [-0.4, -0.2) is 12.5 Å². The van der Waals surface area contributed by atoms with Crippen molar-refractivity contribution in [2.75, 3.05) is 17.2 Å². The van der Waals surface area contributed by atoms with E-state index in [1.165, 1.54) is 5.56 Å². The Kier molecular flexibility index (Phi) is 2.35. The average Bonchev–Trinajstić information content (AvgIpc) is 3.10. The van der Waals surface area contributed by atoms with Crippen LogP contribution >= 0.6 is 0 Å². The zero-order chi connectivity index (χ0) is 12.0. The number of nitrogens with two attached hydrogens (primary N) is 1. The van der Waals surface area contributed by atoms with Crippen molar-refractivity contribution < 1.29 is 4.79 Å². The highest BCUT2D eigenvalue weighted by Gasteiger charge is 2.36. The van der Waals surface area contributed by atoms with Crippen LogP contribution in [0.4, 0.5) is 11.4 Å². The van der Waals surface area contributed by atoms with E-state index >= 15 is 0 Å². The molecule has 0 saturated heterocycles. The summed E-state index contributed by atoms with van der Waals surface area (Å²) in [6.45, 7) is 2.92. The summed E-state index contributed by atoms with van der Waals surface area (Å²) in [6.07, 6.45) is 4.22. The van der Waals surface area contributed by atoms with E-state index in [0.29, 0.717) is 5.91 Å². The number of fused-ring (bicyclic) bond motifs is 1. The van der Waals surface area contributed by atoms with Crippen molar-refractivity contribution in [3.63, 3.8) is 0 Å². The highest BCUT2D eigenvalue weighted by Crippen LogP contribution is 2.38. The molecule has 1 aliphatic carbocycles. The van der Waals surface area contributed by atoms with E-state index in [-0.39, 0.29) is 5.92 Å². The molecule has 0 bridgehead atoms. The number of hydrogen-bond acceptors (Lipinski definition) is 2. The number of nitrogens with zero attached hydrogens (tertiary/aromatic N) is 1. The Morgan fingerprint density at radius 1 is 1.41 bits per heavy atom. The van der Waals surface area contributed by atoms with Crippen LogP contribution < -0.4 is 10.6 Å². The lowest BCUT2D eigenvalue weighted by atomic mass is 9.97. The summed E-state index contributed by atoms with van der Waals surface area (Å²) in [6, 6.07) is 3.99. The Labute approximate surface area is 102 Å². The maximum absolute atomic E-state index is 12.3. The number of carbonyl (C=O) groups excluding carboxylic acids is 1. The van der Waals surface area contributed by atoms with Crippen LogP contribution in [0.1, 0.15) is 30.4 Å². The smallest absolute Gasteiger partial charge is 0.230 e. The predicted octanol–water partition coefficient (Wildman–Crippen LogP) is 2.27. The average molecular weight is 230 g/mol. The largest absolute Gasteiger partial charge is 0.399 e. The Morgan fingerprint density at radius 2 is 2.18 bits per heavy atom. The van der Waals surface area contributed by atoms with Gasteiger partial charge in [-0.25, -0.2) is 0 Å². The van der Waals surface area contributed by atoms with Gasteiger partial charge in [-0.15, -0.1) is 0 Å². The van der Waals surface area contributed by atoms with E-state index in [1.54, 1.807) is 0 Å². The molecule has 0 radical (unpaired) electrons. The van der Waals surface area contributed by atoms with E-state index in [0.717, 1.165) is 49.2 Å². The number of amides is 1. The fourth-order valence-corrected chi connectivity index (χ4v) is 2.77. The lowest BCUT2D eigenvalue weighted by molar-refractivity contribution is -0.119. The Bertz CT molecular complexity index is 477. The molecule has 0 spiro atoms. The molecule has 17 heavy (non-hydrogen) atoms. The second kappa shape index (κ2) is 3.76. The Morgan fingerprint density at radius 3 is 2.88 bits per heavy atom. The van der Waals surface area contributed by atoms with Gasteiger partial charge < -0.3 is 10.6 Å². The molecule has 1 aromatic rings. The molecule has 90 valence electrons. The van der Waals surface area contributed by atoms with Crippen LogP contribution in [0.15, 0.2) is 12.1 Å². The van der Waals surface area contributed by atoms with Crippen LogP contribution in [-0.2, 0) is 11.2 Å².